The second-order valence-electron chi connectivity index (χ2n) is 9.82. The van der Waals surface area contributed by atoms with Crippen molar-refractivity contribution in [2.75, 3.05) is 44.2 Å². The molecule has 3 aromatic heterocycles. The number of fused-ring (bicyclic) bond motifs is 2. The summed E-state index contributed by atoms with van der Waals surface area (Å²) in [6.45, 7) is 8.27. The Hall–Kier alpha value is -2.95. The first kappa shape index (κ1) is 23.4. The number of aryl methyl sites for hydroxylation is 1. The van der Waals surface area contributed by atoms with E-state index in [1.807, 2.05) is 22.9 Å². The molecule has 2 unspecified atom stereocenters. The molecule has 0 spiro atoms. The number of piperidine rings is 1. The van der Waals surface area contributed by atoms with Crippen molar-refractivity contribution in [1.82, 2.24) is 34.8 Å². The number of aldehydes is 1. The Morgan fingerprint density at radius 2 is 1.97 bits per heavy atom. The van der Waals surface area contributed by atoms with E-state index in [0.29, 0.717) is 5.92 Å². The van der Waals surface area contributed by atoms with Crippen LogP contribution in [0, 0.1) is 5.92 Å². The first-order chi connectivity index (χ1) is 17.7. The van der Waals surface area contributed by atoms with E-state index in [-0.39, 0.29) is 6.17 Å². The van der Waals surface area contributed by atoms with Crippen molar-refractivity contribution in [2.45, 2.75) is 38.9 Å². The molecule has 2 atom stereocenters. The van der Waals surface area contributed by atoms with Crippen LogP contribution >= 0.6 is 11.3 Å². The van der Waals surface area contributed by atoms with Crippen LogP contribution in [-0.2, 0) is 17.8 Å². The van der Waals surface area contributed by atoms with Crippen LogP contribution in [0.1, 0.15) is 24.6 Å². The fraction of sp³-hybridized carbons (Fsp3) is 0.500. The third-order valence-electron chi connectivity index (χ3n) is 7.59. The number of carbonyl (C=O) groups is 1. The molecule has 9 nitrogen and oxygen atoms in total. The molecule has 2 fully saturated rings. The van der Waals surface area contributed by atoms with Gasteiger partial charge in [-0.05, 0) is 43.4 Å². The predicted molar refractivity (Wildman–Crippen MR) is 142 cm³/mol. The molecule has 4 aromatic rings. The van der Waals surface area contributed by atoms with Gasteiger partial charge >= 0.3 is 0 Å². The minimum atomic E-state index is -0.180. The lowest BCUT2D eigenvalue weighted by atomic mass is 9.97. The van der Waals surface area contributed by atoms with Crippen molar-refractivity contribution in [3.8, 4) is 0 Å². The van der Waals surface area contributed by atoms with Crippen molar-refractivity contribution >= 4 is 44.7 Å². The zero-order valence-corrected chi connectivity index (χ0v) is 21.5. The van der Waals surface area contributed by atoms with E-state index in [2.05, 4.69) is 54.0 Å². The van der Waals surface area contributed by atoms with Gasteiger partial charge in [0.05, 0.1) is 10.9 Å². The van der Waals surface area contributed by atoms with Gasteiger partial charge in [-0.3, -0.25) is 9.80 Å². The van der Waals surface area contributed by atoms with Crippen LogP contribution in [0.25, 0.3) is 21.3 Å². The van der Waals surface area contributed by atoms with Crippen molar-refractivity contribution in [2.24, 2.45) is 5.92 Å². The molecular weight excluding hydrogens is 472 g/mol. The molecule has 0 radical (unpaired) electrons. The third-order valence-corrected chi connectivity index (χ3v) is 8.78. The number of piperazine rings is 1. The van der Waals surface area contributed by atoms with Gasteiger partial charge < -0.3 is 9.69 Å². The van der Waals surface area contributed by atoms with Crippen molar-refractivity contribution < 1.29 is 4.79 Å². The summed E-state index contributed by atoms with van der Waals surface area (Å²) in [5.41, 5.74) is 2.01. The minimum absolute atomic E-state index is 0.180. The summed E-state index contributed by atoms with van der Waals surface area (Å²) in [4.78, 5) is 30.9. The fourth-order valence-corrected chi connectivity index (χ4v) is 6.63. The molecule has 1 aromatic carbocycles. The Labute approximate surface area is 214 Å². The smallest absolute Gasteiger partial charge is 0.151 e. The molecular formula is C26H32N8OS. The number of para-hydroxylation sites is 1. The summed E-state index contributed by atoms with van der Waals surface area (Å²) < 4.78 is 2.02. The monoisotopic (exact) mass is 504 g/mol. The number of nitrogens with zero attached hydrogens (tertiary/aromatic N) is 8. The largest absolute Gasteiger partial charge is 0.353 e. The molecule has 0 bridgehead atoms. The van der Waals surface area contributed by atoms with Gasteiger partial charge in [0.1, 0.15) is 28.7 Å². The van der Waals surface area contributed by atoms with Gasteiger partial charge in [0.25, 0.3) is 0 Å². The fourth-order valence-electron chi connectivity index (χ4n) is 5.70. The molecule has 10 heteroatoms. The summed E-state index contributed by atoms with van der Waals surface area (Å²) in [5, 5.41) is 9.85. The normalized spacial score (nSPS) is 20.8. The van der Waals surface area contributed by atoms with Gasteiger partial charge in [-0.2, -0.15) is 0 Å². The van der Waals surface area contributed by atoms with Crippen LogP contribution in [0.3, 0.4) is 0 Å². The number of benzene rings is 1. The van der Waals surface area contributed by atoms with E-state index < -0.39 is 0 Å². The van der Waals surface area contributed by atoms with E-state index in [1.165, 1.54) is 4.88 Å². The SMILES string of the molecule is CCc1cc2c(N3CCN(C(C=O)N4CCCC(Cn5nnc6ccccc65)C4)CC3)ncnc2s1. The molecule has 2 aliphatic heterocycles. The summed E-state index contributed by atoms with van der Waals surface area (Å²) >= 11 is 1.75. The minimum Gasteiger partial charge on any atom is -0.353 e. The Bertz CT molecular complexity index is 1340. The molecule has 0 aliphatic carbocycles. The number of rotatable bonds is 7. The Morgan fingerprint density at radius 3 is 2.81 bits per heavy atom. The van der Waals surface area contributed by atoms with E-state index in [1.54, 1.807) is 17.7 Å². The number of likely N-dealkylation sites (tertiary alicyclic amines) is 1. The highest BCUT2D eigenvalue weighted by molar-refractivity contribution is 7.18. The van der Waals surface area contributed by atoms with Gasteiger partial charge in [0, 0.05) is 50.7 Å². The molecule has 0 saturated carbocycles. The maximum Gasteiger partial charge on any atom is 0.151 e. The molecule has 2 aliphatic rings. The van der Waals surface area contributed by atoms with Gasteiger partial charge in [-0.1, -0.05) is 24.3 Å². The lowest BCUT2D eigenvalue weighted by molar-refractivity contribution is -0.120. The number of hydrogen-bond acceptors (Lipinski definition) is 9. The van der Waals surface area contributed by atoms with Crippen LogP contribution in [0.2, 0.25) is 0 Å². The Kier molecular flexibility index (Phi) is 6.64. The lowest BCUT2D eigenvalue weighted by Gasteiger charge is -2.44. The molecule has 0 amide bonds. The van der Waals surface area contributed by atoms with Gasteiger partial charge in [-0.25, -0.2) is 14.6 Å². The predicted octanol–water partition coefficient (Wildman–Crippen LogP) is 3.06. The highest BCUT2D eigenvalue weighted by Crippen LogP contribution is 2.31. The zero-order chi connectivity index (χ0) is 24.5. The van der Waals surface area contributed by atoms with E-state index in [4.69, 9.17) is 0 Å². The quantitative estimate of drug-likeness (QED) is 0.355. The van der Waals surface area contributed by atoms with E-state index >= 15 is 0 Å². The highest BCUT2D eigenvalue weighted by Gasteiger charge is 2.32. The van der Waals surface area contributed by atoms with Gasteiger partial charge in [0.2, 0.25) is 0 Å². The maximum atomic E-state index is 12.3. The van der Waals surface area contributed by atoms with Crippen LogP contribution < -0.4 is 4.90 Å². The van der Waals surface area contributed by atoms with Crippen LogP contribution in [-0.4, -0.2) is 86.5 Å². The average molecular weight is 505 g/mol. The summed E-state index contributed by atoms with van der Waals surface area (Å²) in [7, 11) is 0. The summed E-state index contributed by atoms with van der Waals surface area (Å²) in [6, 6.07) is 10.3. The number of anilines is 1. The van der Waals surface area contributed by atoms with Gasteiger partial charge in [-0.15, -0.1) is 16.4 Å². The summed E-state index contributed by atoms with van der Waals surface area (Å²) in [6.07, 6.45) is 5.89. The number of thiophene rings is 1. The topological polar surface area (TPSA) is 83.3 Å². The molecule has 188 valence electrons. The van der Waals surface area contributed by atoms with Crippen LogP contribution in [0.15, 0.2) is 36.7 Å². The van der Waals surface area contributed by atoms with Gasteiger partial charge in [0.15, 0.2) is 6.29 Å². The zero-order valence-electron chi connectivity index (χ0n) is 20.7. The lowest BCUT2D eigenvalue weighted by Crippen LogP contribution is -2.58. The number of hydrogen-bond donors (Lipinski definition) is 0. The number of carbonyl (C=O) groups excluding carboxylic acids is 1. The third kappa shape index (κ3) is 4.49. The van der Waals surface area contributed by atoms with Crippen molar-refractivity contribution in [1.29, 1.82) is 0 Å². The van der Waals surface area contributed by atoms with Crippen LogP contribution in [0.4, 0.5) is 5.82 Å². The summed E-state index contributed by atoms with van der Waals surface area (Å²) in [5.74, 6) is 1.48. The maximum absolute atomic E-state index is 12.3. The van der Waals surface area contributed by atoms with Crippen molar-refractivity contribution in [3.05, 3.63) is 41.5 Å². The Morgan fingerprint density at radius 1 is 1.11 bits per heavy atom. The molecule has 2 saturated heterocycles. The molecule has 6 rings (SSSR count). The number of aromatic nitrogens is 5. The molecule has 0 N–H and O–H groups in total. The van der Waals surface area contributed by atoms with E-state index in [9.17, 15) is 4.79 Å². The van der Waals surface area contributed by atoms with Crippen molar-refractivity contribution in [3.63, 3.8) is 0 Å². The highest BCUT2D eigenvalue weighted by atomic mass is 32.1. The second-order valence-corrected chi connectivity index (χ2v) is 10.9. The average Bonchev–Trinajstić information content (AvgIpc) is 3.54. The Balaban J connectivity index is 1.11. The molecule has 36 heavy (non-hydrogen) atoms. The first-order valence-electron chi connectivity index (χ1n) is 12.9. The first-order valence-corrected chi connectivity index (χ1v) is 13.7. The molecule has 5 heterocycles. The standard InChI is InChI=1S/C26H32N8OS/c1-2-20-14-21-25(27-18-28-26(21)36-20)32-12-10-31(11-13-32)24(17-35)33-9-5-6-19(15-33)16-34-23-8-4-3-7-22(23)29-30-34/h3-4,7-8,14,17-19,24H,2,5-6,9-13,15-16H2,1H3. The second kappa shape index (κ2) is 10.2. The van der Waals surface area contributed by atoms with E-state index in [0.717, 1.165) is 98.4 Å². The van der Waals surface area contributed by atoms with Crippen LogP contribution in [0.5, 0.6) is 0 Å².